The summed E-state index contributed by atoms with van der Waals surface area (Å²) in [5, 5.41) is 0.663. The van der Waals surface area contributed by atoms with Gasteiger partial charge < -0.3 is 9.47 Å². The SMILES string of the molecule is COc1ccc2nc(N(CCCN3CCOCC3)C(=O)c3ccc(C(C)=O)cc3)sc2c1. The fourth-order valence-electron chi connectivity index (χ4n) is 3.70. The predicted octanol–water partition coefficient (Wildman–Crippen LogP) is 3.88. The van der Waals surface area contributed by atoms with Crippen LogP contribution in [0.15, 0.2) is 42.5 Å². The van der Waals surface area contributed by atoms with Crippen molar-refractivity contribution in [1.82, 2.24) is 9.88 Å². The Balaban J connectivity index is 1.58. The minimum atomic E-state index is -0.117. The summed E-state index contributed by atoms with van der Waals surface area (Å²) in [6.45, 7) is 6.32. The van der Waals surface area contributed by atoms with E-state index < -0.39 is 0 Å². The molecule has 168 valence electrons. The van der Waals surface area contributed by atoms with Gasteiger partial charge in [-0.15, -0.1) is 0 Å². The number of benzene rings is 2. The number of carbonyl (C=O) groups is 2. The molecule has 1 fully saturated rings. The van der Waals surface area contributed by atoms with Crippen molar-refractivity contribution in [2.45, 2.75) is 13.3 Å². The lowest BCUT2D eigenvalue weighted by Gasteiger charge is -2.27. The highest BCUT2D eigenvalue weighted by atomic mass is 32.1. The molecule has 1 aromatic heterocycles. The van der Waals surface area contributed by atoms with Crippen LogP contribution in [0.25, 0.3) is 10.2 Å². The van der Waals surface area contributed by atoms with Crippen LogP contribution in [0.1, 0.15) is 34.1 Å². The van der Waals surface area contributed by atoms with Crippen LogP contribution >= 0.6 is 11.3 Å². The van der Waals surface area contributed by atoms with E-state index in [9.17, 15) is 9.59 Å². The second-order valence-corrected chi connectivity index (χ2v) is 8.74. The first-order valence-corrected chi connectivity index (χ1v) is 11.5. The first-order chi connectivity index (χ1) is 15.5. The molecule has 1 amide bonds. The number of carbonyl (C=O) groups excluding carboxylic acids is 2. The lowest BCUT2D eigenvalue weighted by molar-refractivity contribution is 0.0376. The molecule has 7 nitrogen and oxygen atoms in total. The number of hydrogen-bond acceptors (Lipinski definition) is 7. The molecule has 0 spiro atoms. The second-order valence-electron chi connectivity index (χ2n) is 7.73. The molecule has 0 saturated carbocycles. The molecule has 0 bridgehead atoms. The molecule has 32 heavy (non-hydrogen) atoms. The number of hydrogen-bond donors (Lipinski definition) is 0. The number of aromatic nitrogens is 1. The van der Waals surface area contributed by atoms with Gasteiger partial charge in [0, 0.05) is 37.3 Å². The smallest absolute Gasteiger partial charge is 0.260 e. The Hall–Kier alpha value is -2.81. The zero-order valence-electron chi connectivity index (χ0n) is 18.4. The predicted molar refractivity (Wildman–Crippen MR) is 126 cm³/mol. The van der Waals surface area contributed by atoms with E-state index in [1.807, 2.05) is 18.2 Å². The van der Waals surface area contributed by atoms with Crippen LogP contribution in [0.3, 0.4) is 0 Å². The molecule has 1 saturated heterocycles. The number of nitrogens with zero attached hydrogens (tertiary/aromatic N) is 3. The molecule has 1 aliphatic heterocycles. The Labute approximate surface area is 191 Å². The van der Waals surface area contributed by atoms with Crippen LogP contribution in [0, 0.1) is 0 Å². The number of morpholine rings is 1. The monoisotopic (exact) mass is 453 g/mol. The molecule has 8 heteroatoms. The zero-order valence-corrected chi connectivity index (χ0v) is 19.2. The van der Waals surface area contributed by atoms with Gasteiger partial charge in [-0.3, -0.25) is 19.4 Å². The standard InChI is InChI=1S/C24H27N3O4S/c1-17(28)18-4-6-19(7-5-18)23(29)27(11-3-10-26-12-14-31-15-13-26)24-25-21-9-8-20(30-2)16-22(21)32-24/h4-9,16H,3,10-15H2,1-2H3. The first-order valence-electron chi connectivity index (χ1n) is 10.7. The lowest BCUT2D eigenvalue weighted by Crippen LogP contribution is -2.39. The maximum Gasteiger partial charge on any atom is 0.260 e. The second kappa shape index (κ2) is 10.2. The highest BCUT2D eigenvalue weighted by molar-refractivity contribution is 7.22. The molecule has 2 heterocycles. The summed E-state index contributed by atoms with van der Waals surface area (Å²) in [6, 6.07) is 12.5. The van der Waals surface area contributed by atoms with Crippen molar-refractivity contribution in [3.63, 3.8) is 0 Å². The number of thiazole rings is 1. The molecule has 2 aromatic carbocycles. The van der Waals surface area contributed by atoms with Crippen LogP contribution in [0.5, 0.6) is 5.75 Å². The van der Waals surface area contributed by atoms with E-state index in [0.29, 0.717) is 22.8 Å². The van der Waals surface area contributed by atoms with Gasteiger partial charge in [-0.05, 0) is 43.7 Å². The van der Waals surface area contributed by atoms with Gasteiger partial charge in [0.25, 0.3) is 5.91 Å². The fraction of sp³-hybridized carbons (Fsp3) is 0.375. The van der Waals surface area contributed by atoms with E-state index in [1.165, 1.54) is 18.3 Å². The third-order valence-corrected chi connectivity index (χ3v) is 6.60. The van der Waals surface area contributed by atoms with Crippen LogP contribution in [0.2, 0.25) is 0 Å². The normalized spacial score (nSPS) is 14.4. The van der Waals surface area contributed by atoms with Crippen molar-refractivity contribution < 1.29 is 19.1 Å². The van der Waals surface area contributed by atoms with Gasteiger partial charge in [0.2, 0.25) is 0 Å². The molecular weight excluding hydrogens is 426 g/mol. The van der Waals surface area contributed by atoms with Crippen LogP contribution in [0.4, 0.5) is 5.13 Å². The summed E-state index contributed by atoms with van der Waals surface area (Å²) in [4.78, 5) is 33.9. The number of methoxy groups -OCH3 is 1. The Morgan fingerprint density at radius 2 is 1.84 bits per heavy atom. The van der Waals surface area contributed by atoms with Gasteiger partial charge >= 0.3 is 0 Å². The average molecular weight is 454 g/mol. The van der Waals surface area contributed by atoms with Crippen molar-refractivity contribution >= 4 is 38.4 Å². The van der Waals surface area contributed by atoms with Crippen molar-refractivity contribution in [1.29, 1.82) is 0 Å². The minimum Gasteiger partial charge on any atom is -0.497 e. The molecule has 0 radical (unpaired) electrons. The number of Topliss-reactive ketones (excluding diaryl/α,β-unsaturated/α-hetero) is 1. The van der Waals surface area contributed by atoms with Crippen molar-refractivity contribution in [3.8, 4) is 5.75 Å². The van der Waals surface area contributed by atoms with E-state index >= 15 is 0 Å². The summed E-state index contributed by atoms with van der Waals surface area (Å²) < 4.78 is 11.7. The molecule has 3 aromatic rings. The van der Waals surface area contributed by atoms with Gasteiger partial charge in [0.05, 0.1) is 30.5 Å². The Morgan fingerprint density at radius 1 is 1.12 bits per heavy atom. The number of anilines is 1. The molecule has 0 aliphatic carbocycles. The summed E-state index contributed by atoms with van der Waals surface area (Å²) in [6.07, 6.45) is 0.830. The third kappa shape index (κ3) is 5.15. The van der Waals surface area contributed by atoms with E-state index in [0.717, 1.165) is 55.2 Å². The molecule has 4 rings (SSSR count). The van der Waals surface area contributed by atoms with Crippen LogP contribution in [-0.4, -0.2) is 68.1 Å². The summed E-state index contributed by atoms with van der Waals surface area (Å²) >= 11 is 1.48. The van der Waals surface area contributed by atoms with E-state index in [4.69, 9.17) is 14.5 Å². The number of ether oxygens (including phenoxy) is 2. The van der Waals surface area contributed by atoms with Gasteiger partial charge in [-0.25, -0.2) is 4.98 Å². The Bertz CT molecular complexity index is 1090. The van der Waals surface area contributed by atoms with Gasteiger partial charge in [0.1, 0.15) is 5.75 Å². The maximum absolute atomic E-state index is 13.5. The van der Waals surface area contributed by atoms with Gasteiger partial charge in [-0.1, -0.05) is 23.5 Å². The third-order valence-electron chi connectivity index (χ3n) is 5.56. The molecule has 1 aliphatic rings. The molecule has 0 atom stereocenters. The summed E-state index contributed by atoms with van der Waals surface area (Å²) in [5.74, 6) is 0.623. The summed E-state index contributed by atoms with van der Waals surface area (Å²) in [5.41, 5.74) is 1.97. The van der Waals surface area contributed by atoms with Crippen LogP contribution in [-0.2, 0) is 4.74 Å². The van der Waals surface area contributed by atoms with Gasteiger partial charge in [-0.2, -0.15) is 0 Å². The number of amides is 1. The minimum absolute atomic E-state index is 0.0218. The average Bonchev–Trinajstić information content (AvgIpc) is 3.25. The lowest BCUT2D eigenvalue weighted by atomic mass is 10.1. The fourth-order valence-corrected chi connectivity index (χ4v) is 4.72. The number of fused-ring (bicyclic) bond motifs is 1. The molecule has 0 unspecified atom stereocenters. The zero-order chi connectivity index (χ0) is 22.5. The highest BCUT2D eigenvalue weighted by Gasteiger charge is 2.22. The van der Waals surface area contributed by atoms with Crippen molar-refractivity contribution in [2.24, 2.45) is 0 Å². The van der Waals surface area contributed by atoms with Gasteiger partial charge in [0.15, 0.2) is 10.9 Å². The Kier molecular flexibility index (Phi) is 7.14. The quantitative estimate of drug-likeness (QED) is 0.482. The first kappa shape index (κ1) is 22.4. The molecular formula is C24H27N3O4S. The van der Waals surface area contributed by atoms with E-state index in [1.54, 1.807) is 36.3 Å². The number of ketones is 1. The van der Waals surface area contributed by atoms with E-state index in [2.05, 4.69) is 4.90 Å². The number of rotatable bonds is 8. The highest BCUT2D eigenvalue weighted by Crippen LogP contribution is 2.32. The van der Waals surface area contributed by atoms with Crippen molar-refractivity contribution in [3.05, 3.63) is 53.6 Å². The topological polar surface area (TPSA) is 72.0 Å². The maximum atomic E-state index is 13.5. The molecule has 0 N–H and O–H groups in total. The van der Waals surface area contributed by atoms with Crippen molar-refractivity contribution in [2.75, 3.05) is 51.4 Å². The largest absolute Gasteiger partial charge is 0.497 e. The van der Waals surface area contributed by atoms with E-state index in [-0.39, 0.29) is 11.7 Å². The van der Waals surface area contributed by atoms with Crippen LogP contribution < -0.4 is 9.64 Å². The summed E-state index contributed by atoms with van der Waals surface area (Å²) in [7, 11) is 1.63. The Morgan fingerprint density at radius 3 is 2.53 bits per heavy atom.